The van der Waals surface area contributed by atoms with Gasteiger partial charge in [-0.05, 0) is 52.3 Å². The molecule has 0 aromatic carbocycles. The average Bonchev–Trinajstić information content (AvgIpc) is 2.34. The molecule has 1 heterocycles. The van der Waals surface area contributed by atoms with Gasteiger partial charge in [-0.2, -0.15) is 0 Å². The predicted molar refractivity (Wildman–Crippen MR) is 73.7 cm³/mol. The molecule has 1 aromatic heterocycles. The van der Waals surface area contributed by atoms with Crippen LogP contribution in [0.3, 0.4) is 0 Å². The molecule has 0 amide bonds. The number of nitrogens with zero attached hydrogens (tertiary/aromatic N) is 2. The summed E-state index contributed by atoms with van der Waals surface area (Å²) in [5.41, 5.74) is 3.42. The minimum Gasteiger partial charge on any atom is -0.374 e. The molecule has 0 bridgehead atoms. The maximum Gasteiger partial charge on any atom is 0.154 e. The Bertz CT molecular complexity index is 343. The first kappa shape index (κ1) is 15.1. The van der Waals surface area contributed by atoms with E-state index in [1.807, 2.05) is 6.92 Å². The predicted octanol–water partition coefficient (Wildman–Crippen LogP) is 2.17. The van der Waals surface area contributed by atoms with Crippen LogP contribution >= 0.6 is 0 Å². The molecule has 0 saturated heterocycles. The Hall–Kier alpha value is -1.00. The summed E-state index contributed by atoms with van der Waals surface area (Å²) in [6.07, 6.45) is 2.16. The van der Waals surface area contributed by atoms with Gasteiger partial charge < -0.3 is 10.1 Å². The van der Waals surface area contributed by atoms with E-state index in [1.165, 1.54) is 12.0 Å². The smallest absolute Gasteiger partial charge is 0.154 e. The fraction of sp³-hybridized carbons (Fsp3) is 0.714. The van der Waals surface area contributed by atoms with Crippen LogP contribution in [-0.2, 0) is 17.8 Å². The third kappa shape index (κ3) is 4.70. The van der Waals surface area contributed by atoms with Crippen LogP contribution in [0.2, 0.25) is 0 Å². The SMILES string of the molecule is CCCNCCc1c(C)nc(COCC)nc1C. The van der Waals surface area contributed by atoms with Gasteiger partial charge in [-0.3, -0.25) is 0 Å². The molecule has 0 fully saturated rings. The van der Waals surface area contributed by atoms with Crippen LogP contribution in [0.4, 0.5) is 0 Å². The number of nitrogens with one attached hydrogen (secondary N) is 1. The molecule has 0 aliphatic heterocycles. The molecule has 4 nitrogen and oxygen atoms in total. The molecule has 1 N–H and O–H groups in total. The Morgan fingerprint density at radius 2 is 1.72 bits per heavy atom. The molecule has 18 heavy (non-hydrogen) atoms. The van der Waals surface area contributed by atoms with Gasteiger partial charge in [-0.15, -0.1) is 0 Å². The summed E-state index contributed by atoms with van der Waals surface area (Å²) < 4.78 is 5.35. The second kappa shape index (κ2) is 8.16. The Morgan fingerprint density at radius 1 is 1.06 bits per heavy atom. The molecule has 0 atom stereocenters. The normalized spacial score (nSPS) is 10.9. The van der Waals surface area contributed by atoms with Gasteiger partial charge in [0, 0.05) is 18.0 Å². The first-order chi connectivity index (χ1) is 8.69. The number of hydrogen-bond acceptors (Lipinski definition) is 4. The van der Waals surface area contributed by atoms with Crippen LogP contribution in [-0.4, -0.2) is 29.7 Å². The van der Waals surface area contributed by atoms with Crippen molar-refractivity contribution in [3.05, 3.63) is 22.8 Å². The van der Waals surface area contributed by atoms with Crippen molar-refractivity contribution in [2.24, 2.45) is 0 Å². The molecule has 0 spiro atoms. The van der Waals surface area contributed by atoms with E-state index in [4.69, 9.17) is 4.74 Å². The average molecular weight is 251 g/mol. The lowest BCUT2D eigenvalue weighted by molar-refractivity contribution is 0.128. The largest absolute Gasteiger partial charge is 0.374 e. The van der Waals surface area contributed by atoms with Crippen LogP contribution in [0, 0.1) is 13.8 Å². The molecular formula is C14H25N3O. The highest BCUT2D eigenvalue weighted by Gasteiger charge is 2.08. The van der Waals surface area contributed by atoms with Crippen LogP contribution in [0.25, 0.3) is 0 Å². The second-order valence-electron chi connectivity index (χ2n) is 4.43. The minimum absolute atomic E-state index is 0.506. The Balaban J connectivity index is 2.62. The molecule has 0 unspecified atom stereocenters. The Morgan fingerprint density at radius 3 is 2.28 bits per heavy atom. The van der Waals surface area contributed by atoms with Gasteiger partial charge in [0.05, 0.1) is 0 Å². The highest BCUT2D eigenvalue weighted by Crippen LogP contribution is 2.11. The van der Waals surface area contributed by atoms with E-state index < -0.39 is 0 Å². The fourth-order valence-corrected chi connectivity index (χ4v) is 1.94. The summed E-state index contributed by atoms with van der Waals surface area (Å²) in [7, 11) is 0. The van der Waals surface area contributed by atoms with Crippen molar-refractivity contribution in [3.63, 3.8) is 0 Å². The molecular weight excluding hydrogens is 226 g/mol. The zero-order valence-corrected chi connectivity index (χ0v) is 12.0. The number of aryl methyl sites for hydroxylation is 2. The summed E-state index contributed by atoms with van der Waals surface area (Å²) in [5.74, 6) is 0.789. The molecule has 0 radical (unpaired) electrons. The van der Waals surface area contributed by atoms with E-state index in [-0.39, 0.29) is 0 Å². The molecule has 0 aliphatic carbocycles. The highest BCUT2D eigenvalue weighted by molar-refractivity contribution is 5.24. The van der Waals surface area contributed by atoms with Gasteiger partial charge in [0.25, 0.3) is 0 Å². The van der Waals surface area contributed by atoms with Crippen LogP contribution in [0.15, 0.2) is 0 Å². The molecule has 0 aliphatic rings. The first-order valence-electron chi connectivity index (χ1n) is 6.80. The van der Waals surface area contributed by atoms with Crippen molar-refractivity contribution < 1.29 is 4.74 Å². The quantitative estimate of drug-likeness (QED) is 0.719. The Labute approximate surface area is 110 Å². The molecule has 1 rings (SSSR count). The van der Waals surface area contributed by atoms with E-state index in [0.717, 1.165) is 36.7 Å². The van der Waals surface area contributed by atoms with Gasteiger partial charge in [-0.25, -0.2) is 9.97 Å². The minimum atomic E-state index is 0.506. The standard InChI is InChI=1S/C14H25N3O/c1-5-8-15-9-7-13-11(3)16-14(10-18-6-2)17-12(13)4/h15H,5-10H2,1-4H3. The zero-order chi connectivity index (χ0) is 13.4. The second-order valence-corrected chi connectivity index (χ2v) is 4.43. The van der Waals surface area contributed by atoms with Gasteiger partial charge in [0.2, 0.25) is 0 Å². The van der Waals surface area contributed by atoms with Crippen molar-refractivity contribution in [1.29, 1.82) is 0 Å². The maximum absolute atomic E-state index is 5.35. The topological polar surface area (TPSA) is 47.0 Å². The molecule has 4 heteroatoms. The van der Waals surface area contributed by atoms with Gasteiger partial charge in [0.15, 0.2) is 5.82 Å². The highest BCUT2D eigenvalue weighted by atomic mass is 16.5. The summed E-state index contributed by atoms with van der Waals surface area (Å²) >= 11 is 0. The van der Waals surface area contributed by atoms with E-state index in [0.29, 0.717) is 13.2 Å². The van der Waals surface area contributed by atoms with Gasteiger partial charge >= 0.3 is 0 Å². The first-order valence-corrected chi connectivity index (χ1v) is 6.80. The van der Waals surface area contributed by atoms with E-state index >= 15 is 0 Å². The van der Waals surface area contributed by atoms with Gasteiger partial charge in [-0.1, -0.05) is 6.92 Å². The number of hydrogen-bond donors (Lipinski definition) is 1. The molecule has 0 saturated carbocycles. The van der Waals surface area contributed by atoms with Crippen molar-refractivity contribution in [3.8, 4) is 0 Å². The van der Waals surface area contributed by atoms with Crippen molar-refractivity contribution in [2.75, 3.05) is 19.7 Å². The summed E-state index contributed by atoms with van der Waals surface area (Å²) in [6.45, 7) is 11.5. The maximum atomic E-state index is 5.35. The van der Waals surface area contributed by atoms with Crippen molar-refractivity contribution >= 4 is 0 Å². The van der Waals surface area contributed by atoms with Crippen LogP contribution in [0.5, 0.6) is 0 Å². The van der Waals surface area contributed by atoms with E-state index in [1.54, 1.807) is 0 Å². The zero-order valence-electron chi connectivity index (χ0n) is 12.0. The number of aromatic nitrogens is 2. The third-order valence-electron chi connectivity index (χ3n) is 2.88. The monoisotopic (exact) mass is 251 g/mol. The van der Waals surface area contributed by atoms with Crippen LogP contribution < -0.4 is 5.32 Å². The lowest BCUT2D eigenvalue weighted by atomic mass is 10.1. The van der Waals surface area contributed by atoms with E-state index in [2.05, 4.69) is 36.1 Å². The van der Waals surface area contributed by atoms with Crippen molar-refractivity contribution in [2.45, 2.75) is 47.1 Å². The molecule has 1 aromatic rings. The summed E-state index contributed by atoms with van der Waals surface area (Å²) in [5, 5.41) is 3.41. The number of ether oxygens (including phenoxy) is 1. The van der Waals surface area contributed by atoms with Crippen molar-refractivity contribution in [1.82, 2.24) is 15.3 Å². The number of rotatable bonds is 8. The fourth-order valence-electron chi connectivity index (χ4n) is 1.94. The lowest BCUT2D eigenvalue weighted by Gasteiger charge is -2.11. The van der Waals surface area contributed by atoms with E-state index in [9.17, 15) is 0 Å². The summed E-state index contributed by atoms with van der Waals surface area (Å²) in [4.78, 5) is 9.01. The lowest BCUT2D eigenvalue weighted by Crippen LogP contribution is -2.19. The third-order valence-corrected chi connectivity index (χ3v) is 2.88. The van der Waals surface area contributed by atoms with Crippen LogP contribution in [0.1, 0.15) is 43.0 Å². The summed E-state index contributed by atoms with van der Waals surface area (Å²) in [6, 6.07) is 0. The van der Waals surface area contributed by atoms with Gasteiger partial charge in [0.1, 0.15) is 6.61 Å². The molecule has 102 valence electrons. The Kier molecular flexibility index (Phi) is 6.83.